The van der Waals surface area contributed by atoms with Crippen molar-refractivity contribution in [2.24, 2.45) is 5.92 Å². The van der Waals surface area contributed by atoms with Gasteiger partial charge in [-0.15, -0.1) is 12.4 Å². The molecule has 0 unspecified atom stereocenters. The predicted octanol–water partition coefficient (Wildman–Crippen LogP) is 1.52. The molecule has 2 heterocycles. The fourth-order valence-electron chi connectivity index (χ4n) is 2.73. The first-order valence-corrected chi connectivity index (χ1v) is 6.34. The molecule has 16 heavy (non-hydrogen) atoms. The van der Waals surface area contributed by atoms with Gasteiger partial charge < -0.3 is 15.0 Å². The minimum absolute atomic E-state index is 0. The summed E-state index contributed by atoms with van der Waals surface area (Å²) in [6.07, 6.45) is 5.86. The van der Waals surface area contributed by atoms with Crippen molar-refractivity contribution in [3.05, 3.63) is 0 Å². The molecular formula is C12H25ClN2O. The SMILES string of the molecule is CO[C@@H]1CCN(CCC2CCNCC2)C1.Cl. The number of hydrogen-bond acceptors (Lipinski definition) is 3. The van der Waals surface area contributed by atoms with Gasteiger partial charge in [0, 0.05) is 20.2 Å². The first kappa shape index (κ1) is 14.2. The number of rotatable bonds is 4. The van der Waals surface area contributed by atoms with Gasteiger partial charge in [-0.3, -0.25) is 0 Å². The first-order valence-electron chi connectivity index (χ1n) is 6.34. The number of piperidine rings is 1. The molecular weight excluding hydrogens is 224 g/mol. The summed E-state index contributed by atoms with van der Waals surface area (Å²) in [5, 5.41) is 3.43. The summed E-state index contributed by atoms with van der Waals surface area (Å²) in [5.41, 5.74) is 0. The van der Waals surface area contributed by atoms with Crippen LogP contribution in [-0.2, 0) is 4.74 Å². The Morgan fingerprint density at radius 3 is 2.62 bits per heavy atom. The van der Waals surface area contributed by atoms with E-state index in [-0.39, 0.29) is 12.4 Å². The maximum atomic E-state index is 5.38. The van der Waals surface area contributed by atoms with Gasteiger partial charge in [-0.25, -0.2) is 0 Å². The highest BCUT2D eigenvalue weighted by Crippen LogP contribution is 2.18. The lowest BCUT2D eigenvalue weighted by atomic mass is 9.94. The maximum absolute atomic E-state index is 5.38. The van der Waals surface area contributed by atoms with Crippen molar-refractivity contribution in [2.45, 2.75) is 31.8 Å². The van der Waals surface area contributed by atoms with E-state index in [0.717, 1.165) is 12.5 Å². The monoisotopic (exact) mass is 248 g/mol. The highest BCUT2D eigenvalue weighted by molar-refractivity contribution is 5.85. The molecule has 1 atom stereocenters. The average molecular weight is 249 g/mol. The summed E-state index contributed by atoms with van der Waals surface area (Å²) in [6.45, 7) is 6.13. The van der Waals surface area contributed by atoms with Gasteiger partial charge in [-0.1, -0.05) is 0 Å². The van der Waals surface area contributed by atoms with E-state index >= 15 is 0 Å². The quantitative estimate of drug-likeness (QED) is 0.817. The molecule has 0 saturated carbocycles. The summed E-state index contributed by atoms with van der Waals surface area (Å²) in [4.78, 5) is 2.57. The molecule has 96 valence electrons. The summed E-state index contributed by atoms with van der Waals surface area (Å²) in [5.74, 6) is 0.966. The smallest absolute Gasteiger partial charge is 0.0710 e. The Morgan fingerprint density at radius 1 is 1.25 bits per heavy atom. The number of methoxy groups -OCH3 is 1. The molecule has 4 heteroatoms. The van der Waals surface area contributed by atoms with Crippen molar-refractivity contribution in [3.8, 4) is 0 Å². The van der Waals surface area contributed by atoms with E-state index < -0.39 is 0 Å². The Hall–Kier alpha value is 0.170. The molecule has 0 aromatic heterocycles. The Morgan fingerprint density at radius 2 is 2.00 bits per heavy atom. The zero-order valence-corrected chi connectivity index (χ0v) is 11.1. The minimum atomic E-state index is 0. The van der Waals surface area contributed by atoms with Crippen LogP contribution >= 0.6 is 12.4 Å². The molecule has 2 fully saturated rings. The molecule has 1 N–H and O–H groups in total. The number of ether oxygens (including phenoxy) is 1. The molecule has 0 aromatic carbocycles. The number of nitrogens with zero attached hydrogens (tertiary/aromatic N) is 1. The average Bonchev–Trinajstić information content (AvgIpc) is 2.76. The van der Waals surface area contributed by atoms with Crippen LogP contribution in [0.2, 0.25) is 0 Å². The highest BCUT2D eigenvalue weighted by atomic mass is 35.5. The Labute approximate surface area is 105 Å². The number of halogens is 1. The van der Waals surface area contributed by atoms with Crippen LogP contribution < -0.4 is 5.32 Å². The van der Waals surface area contributed by atoms with Crippen molar-refractivity contribution in [1.82, 2.24) is 10.2 Å². The van der Waals surface area contributed by atoms with Gasteiger partial charge in [0.05, 0.1) is 6.10 Å². The Kier molecular flexibility index (Phi) is 6.66. The molecule has 0 bridgehead atoms. The summed E-state index contributed by atoms with van der Waals surface area (Å²) < 4.78 is 5.38. The van der Waals surface area contributed by atoms with Crippen LogP contribution in [0.15, 0.2) is 0 Å². The van der Waals surface area contributed by atoms with Crippen LogP contribution in [0.1, 0.15) is 25.7 Å². The van der Waals surface area contributed by atoms with Gasteiger partial charge >= 0.3 is 0 Å². The Balaban J connectivity index is 0.00000128. The standard InChI is InChI=1S/C12H24N2O.ClH/c1-15-12-5-9-14(10-12)8-4-11-2-6-13-7-3-11;/h11-13H,2-10H2,1H3;1H/t12-;/m1./s1. The van der Waals surface area contributed by atoms with E-state index in [1.807, 2.05) is 7.11 Å². The van der Waals surface area contributed by atoms with Gasteiger partial charge in [0.2, 0.25) is 0 Å². The molecule has 2 aliphatic rings. The topological polar surface area (TPSA) is 24.5 Å². The van der Waals surface area contributed by atoms with E-state index in [2.05, 4.69) is 10.2 Å². The number of nitrogens with one attached hydrogen (secondary N) is 1. The third-order valence-electron chi connectivity index (χ3n) is 3.87. The first-order chi connectivity index (χ1) is 7.38. The molecule has 0 aliphatic carbocycles. The van der Waals surface area contributed by atoms with Crippen LogP contribution in [0.5, 0.6) is 0 Å². The van der Waals surface area contributed by atoms with Gasteiger partial charge in [0.15, 0.2) is 0 Å². The zero-order chi connectivity index (χ0) is 10.5. The second-order valence-electron chi connectivity index (χ2n) is 4.93. The summed E-state index contributed by atoms with van der Waals surface area (Å²) in [7, 11) is 1.83. The van der Waals surface area contributed by atoms with Crippen LogP contribution in [0.25, 0.3) is 0 Å². The largest absolute Gasteiger partial charge is 0.380 e. The second-order valence-corrected chi connectivity index (χ2v) is 4.93. The second kappa shape index (κ2) is 7.49. The van der Waals surface area contributed by atoms with E-state index in [0.29, 0.717) is 6.10 Å². The molecule has 0 amide bonds. The van der Waals surface area contributed by atoms with Gasteiger partial charge in [-0.2, -0.15) is 0 Å². The predicted molar refractivity (Wildman–Crippen MR) is 69.3 cm³/mol. The van der Waals surface area contributed by atoms with Crippen molar-refractivity contribution >= 4 is 12.4 Å². The molecule has 3 nitrogen and oxygen atoms in total. The van der Waals surface area contributed by atoms with Gasteiger partial charge in [0.1, 0.15) is 0 Å². The zero-order valence-electron chi connectivity index (χ0n) is 10.3. The van der Waals surface area contributed by atoms with Crippen LogP contribution in [-0.4, -0.2) is 50.8 Å². The molecule has 0 aromatic rings. The van der Waals surface area contributed by atoms with Crippen molar-refractivity contribution in [3.63, 3.8) is 0 Å². The van der Waals surface area contributed by atoms with Crippen molar-refractivity contribution in [2.75, 3.05) is 39.8 Å². The third-order valence-corrected chi connectivity index (χ3v) is 3.87. The molecule has 2 rings (SSSR count). The normalized spacial score (nSPS) is 27.9. The van der Waals surface area contributed by atoms with E-state index in [1.54, 1.807) is 0 Å². The van der Waals surface area contributed by atoms with Gasteiger partial charge in [-0.05, 0) is 51.2 Å². The van der Waals surface area contributed by atoms with E-state index in [4.69, 9.17) is 4.74 Å². The Bertz CT molecular complexity index is 186. The van der Waals surface area contributed by atoms with Crippen LogP contribution in [0, 0.1) is 5.92 Å². The van der Waals surface area contributed by atoms with E-state index in [1.165, 1.54) is 51.9 Å². The van der Waals surface area contributed by atoms with Gasteiger partial charge in [0.25, 0.3) is 0 Å². The van der Waals surface area contributed by atoms with Crippen molar-refractivity contribution in [1.29, 1.82) is 0 Å². The van der Waals surface area contributed by atoms with Crippen LogP contribution in [0.4, 0.5) is 0 Å². The molecule has 2 aliphatic heterocycles. The molecule has 0 spiro atoms. The minimum Gasteiger partial charge on any atom is -0.380 e. The fraction of sp³-hybridized carbons (Fsp3) is 1.00. The third kappa shape index (κ3) is 4.21. The number of hydrogen-bond donors (Lipinski definition) is 1. The van der Waals surface area contributed by atoms with Crippen molar-refractivity contribution < 1.29 is 4.74 Å². The lowest BCUT2D eigenvalue weighted by molar-refractivity contribution is 0.107. The maximum Gasteiger partial charge on any atom is 0.0710 e. The summed E-state index contributed by atoms with van der Waals surface area (Å²) >= 11 is 0. The lowest BCUT2D eigenvalue weighted by Crippen LogP contribution is -2.31. The van der Waals surface area contributed by atoms with Crippen LogP contribution in [0.3, 0.4) is 0 Å². The van der Waals surface area contributed by atoms with E-state index in [9.17, 15) is 0 Å². The summed E-state index contributed by atoms with van der Waals surface area (Å²) in [6, 6.07) is 0. The number of likely N-dealkylation sites (tertiary alicyclic amines) is 1. The molecule has 2 saturated heterocycles. The fourth-order valence-corrected chi connectivity index (χ4v) is 2.73. The highest BCUT2D eigenvalue weighted by Gasteiger charge is 2.22. The molecule has 0 radical (unpaired) electrons. The lowest BCUT2D eigenvalue weighted by Gasteiger charge is -2.25.